The molecule has 0 bridgehead atoms. The van der Waals surface area contributed by atoms with Gasteiger partial charge in [-0.25, -0.2) is 4.98 Å². The van der Waals surface area contributed by atoms with Crippen molar-refractivity contribution in [1.29, 1.82) is 0 Å². The van der Waals surface area contributed by atoms with Crippen LogP contribution in [0.25, 0.3) is 16.7 Å². The molecule has 4 rings (SSSR count). The molecule has 1 aliphatic heterocycles. The van der Waals surface area contributed by atoms with Crippen LogP contribution in [0.5, 0.6) is 0 Å². The predicted octanol–water partition coefficient (Wildman–Crippen LogP) is 3.29. The van der Waals surface area contributed by atoms with Gasteiger partial charge >= 0.3 is 0 Å². The number of carbonyl (C=O) groups is 2. The quantitative estimate of drug-likeness (QED) is 0.657. The summed E-state index contributed by atoms with van der Waals surface area (Å²) in [6, 6.07) is 15.7. The van der Waals surface area contributed by atoms with Crippen molar-refractivity contribution >= 4 is 34.6 Å². The summed E-state index contributed by atoms with van der Waals surface area (Å²) in [5, 5.41) is 0.760. The van der Waals surface area contributed by atoms with E-state index in [9.17, 15) is 9.59 Å². The fourth-order valence-corrected chi connectivity index (χ4v) is 4.69. The predicted molar refractivity (Wildman–Crippen MR) is 115 cm³/mol. The molecule has 1 atom stereocenters. The fraction of sp³-hybridized carbons (Fsp3) is 0.318. The summed E-state index contributed by atoms with van der Waals surface area (Å²) in [6.07, 6.45) is 2.48. The molecular weight excluding hydrogens is 384 g/mol. The Morgan fingerprint density at radius 2 is 1.90 bits per heavy atom. The third kappa shape index (κ3) is 4.00. The number of nitrogens with zero attached hydrogens (tertiary/aromatic N) is 3. The highest BCUT2D eigenvalue weighted by Gasteiger charge is 2.30. The number of primary amides is 1. The minimum Gasteiger partial charge on any atom is -0.368 e. The monoisotopic (exact) mass is 408 g/mol. The molecule has 0 saturated carbocycles. The van der Waals surface area contributed by atoms with Crippen LogP contribution in [-0.2, 0) is 9.59 Å². The van der Waals surface area contributed by atoms with Gasteiger partial charge in [0.25, 0.3) is 0 Å². The molecule has 3 aromatic rings. The van der Waals surface area contributed by atoms with Crippen molar-refractivity contribution in [2.45, 2.75) is 37.4 Å². The van der Waals surface area contributed by atoms with Gasteiger partial charge in [0.1, 0.15) is 6.04 Å². The van der Waals surface area contributed by atoms with Crippen LogP contribution in [0.1, 0.15) is 24.8 Å². The van der Waals surface area contributed by atoms with Crippen LogP contribution in [0, 0.1) is 6.92 Å². The number of amides is 2. The maximum absolute atomic E-state index is 12.9. The Morgan fingerprint density at radius 1 is 1.14 bits per heavy atom. The summed E-state index contributed by atoms with van der Waals surface area (Å²) in [5.41, 5.74) is 9.59. The number of likely N-dealkylation sites (tertiary alicyclic amines) is 1. The van der Waals surface area contributed by atoms with Crippen LogP contribution >= 0.6 is 11.8 Å². The molecule has 0 spiro atoms. The van der Waals surface area contributed by atoms with E-state index < -0.39 is 11.9 Å². The summed E-state index contributed by atoms with van der Waals surface area (Å²) in [6.45, 7) is 2.64. The summed E-state index contributed by atoms with van der Waals surface area (Å²) in [4.78, 5) is 31.0. The molecule has 2 N–H and O–H groups in total. The minimum atomic E-state index is -0.493. The fourth-order valence-electron chi connectivity index (χ4n) is 3.78. The molecule has 150 valence electrons. The van der Waals surface area contributed by atoms with Crippen molar-refractivity contribution in [1.82, 2.24) is 14.5 Å². The lowest BCUT2D eigenvalue weighted by molar-refractivity contribution is -0.138. The zero-order chi connectivity index (χ0) is 20.4. The number of piperidine rings is 1. The van der Waals surface area contributed by atoms with Crippen LogP contribution in [0.2, 0.25) is 0 Å². The van der Waals surface area contributed by atoms with Crippen molar-refractivity contribution in [2.24, 2.45) is 5.73 Å². The van der Waals surface area contributed by atoms with E-state index in [2.05, 4.69) is 35.8 Å². The van der Waals surface area contributed by atoms with Gasteiger partial charge in [-0.05, 0) is 50.5 Å². The highest BCUT2D eigenvalue weighted by Crippen LogP contribution is 2.29. The van der Waals surface area contributed by atoms with E-state index in [1.54, 1.807) is 4.90 Å². The molecule has 1 fully saturated rings. The summed E-state index contributed by atoms with van der Waals surface area (Å²) in [7, 11) is 0. The van der Waals surface area contributed by atoms with Gasteiger partial charge in [0, 0.05) is 12.2 Å². The first-order valence-electron chi connectivity index (χ1n) is 9.80. The van der Waals surface area contributed by atoms with Gasteiger partial charge in [-0.3, -0.25) is 14.2 Å². The average molecular weight is 409 g/mol. The maximum atomic E-state index is 12.9. The van der Waals surface area contributed by atoms with E-state index in [1.165, 1.54) is 17.3 Å². The van der Waals surface area contributed by atoms with Crippen molar-refractivity contribution in [3.63, 3.8) is 0 Å². The summed E-state index contributed by atoms with van der Waals surface area (Å²) in [5.74, 6) is -0.269. The van der Waals surface area contributed by atoms with Gasteiger partial charge in [-0.1, -0.05) is 41.6 Å². The SMILES string of the molecule is Cc1ccc(-n2c(SCC(=O)N3CCCCC3C(N)=O)nc3ccccc32)cc1. The zero-order valence-corrected chi connectivity index (χ0v) is 17.2. The van der Waals surface area contributed by atoms with Crippen molar-refractivity contribution in [3.05, 3.63) is 54.1 Å². The van der Waals surface area contributed by atoms with Gasteiger partial charge in [-0.2, -0.15) is 0 Å². The molecule has 2 heterocycles. The Kier molecular flexibility index (Phi) is 5.58. The number of hydrogen-bond donors (Lipinski definition) is 1. The number of imidazole rings is 1. The Labute approximate surface area is 174 Å². The third-order valence-electron chi connectivity index (χ3n) is 5.30. The number of benzene rings is 2. The van der Waals surface area contributed by atoms with E-state index in [0.717, 1.165) is 34.7 Å². The van der Waals surface area contributed by atoms with Crippen LogP contribution in [0.4, 0.5) is 0 Å². The lowest BCUT2D eigenvalue weighted by Gasteiger charge is -2.33. The summed E-state index contributed by atoms with van der Waals surface area (Å²) < 4.78 is 2.08. The average Bonchev–Trinajstić information content (AvgIpc) is 3.11. The molecule has 2 amide bonds. The Hall–Kier alpha value is -2.80. The number of thioether (sulfide) groups is 1. The van der Waals surface area contributed by atoms with Crippen molar-refractivity contribution < 1.29 is 9.59 Å². The number of aromatic nitrogens is 2. The van der Waals surface area contributed by atoms with E-state index in [0.29, 0.717) is 13.0 Å². The molecule has 29 heavy (non-hydrogen) atoms. The van der Waals surface area contributed by atoms with Crippen LogP contribution in [0.3, 0.4) is 0 Å². The van der Waals surface area contributed by atoms with E-state index in [-0.39, 0.29) is 11.7 Å². The van der Waals surface area contributed by atoms with Gasteiger partial charge in [-0.15, -0.1) is 0 Å². The highest BCUT2D eigenvalue weighted by molar-refractivity contribution is 7.99. The molecule has 1 saturated heterocycles. The minimum absolute atomic E-state index is 0.0685. The lowest BCUT2D eigenvalue weighted by Crippen LogP contribution is -2.51. The molecule has 1 unspecified atom stereocenters. The summed E-state index contributed by atoms with van der Waals surface area (Å²) >= 11 is 1.40. The van der Waals surface area contributed by atoms with Crippen LogP contribution < -0.4 is 5.73 Å². The molecule has 1 aliphatic rings. The third-order valence-corrected chi connectivity index (χ3v) is 6.22. The Balaban J connectivity index is 1.61. The molecule has 0 radical (unpaired) electrons. The molecular formula is C22H24N4O2S. The first kappa shape index (κ1) is 19.5. The Morgan fingerprint density at radius 3 is 2.66 bits per heavy atom. The van der Waals surface area contributed by atoms with E-state index >= 15 is 0 Å². The number of para-hydroxylation sites is 2. The number of carbonyl (C=O) groups excluding carboxylic acids is 2. The standard InChI is InChI=1S/C22H24N4O2S/c1-15-9-11-16(12-10-15)26-18-7-3-2-6-17(18)24-22(26)29-14-20(27)25-13-5-4-8-19(25)21(23)28/h2-3,6-7,9-12,19H,4-5,8,13-14H2,1H3,(H2,23,28). The number of aryl methyl sites for hydroxylation is 1. The van der Waals surface area contributed by atoms with E-state index in [1.807, 2.05) is 24.3 Å². The number of rotatable bonds is 5. The molecule has 6 nitrogen and oxygen atoms in total. The topological polar surface area (TPSA) is 81.2 Å². The normalized spacial score (nSPS) is 16.9. The largest absolute Gasteiger partial charge is 0.368 e. The smallest absolute Gasteiger partial charge is 0.240 e. The second-order valence-electron chi connectivity index (χ2n) is 7.34. The first-order valence-corrected chi connectivity index (χ1v) is 10.8. The molecule has 1 aromatic heterocycles. The Bertz CT molecular complexity index is 1040. The van der Waals surface area contributed by atoms with Gasteiger partial charge in [0.15, 0.2) is 5.16 Å². The first-order chi connectivity index (χ1) is 14.0. The molecule has 0 aliphatic carbocycles. The molecule has 2 aromatic carbocycles. The highest BCUT2D eigenvalue weighted by atomic mass is 32.2. The number of fused-ring (bicyclic) bond motifs is 1. The van der Waals surface area contributed by atoms with Crippen LogP contribution in [-0.4, -0.2) is 44.6 Å². The van der Waals surface area contributed by atoms with Crippen LogP contribution in [0.15, 0.2) is 53.7 Å². The number of nitrogens with two attached hydrogens (primary N) is 1. The second kappa shape index (κ2) is 8.29. The van der Waals surface area contributed by atoms with Gasteiger partial charge in [0.2, 0.25) is 11.8 Å². The maximum Gasteiger partial charge on any atom is 0.240 e. The van der Waals surface area contributed by atoms with Gasteiger partial charge < -0.3 is 10.6 Å². The van der Waals surface area contributed by atoms with Crippen molar-refractivity contribution in [3.8, 4) is 5.69 Å². The lowest BCUT2D eigenvalue weighted by atomic mass is 10.0. The zero-order valence-electron chi connectivity index (χ0n) is 16.4. The van der Waals surface area contributed by atoms with E-state index in [4.69, 9.17) is 10.7 Å². The number of hydrogen-bond acceptors (Lipinski definition) is 4. The second-order valence-corrected chi connectivity index (χ2v) is 8.29. The van der Waals surface area contributed by atoms with Gasteiger partial charge in [0.05, 0.1) is 16.8 Å². The van der Waals surface area contributed by atoms with Crippen molar-refractivity contribution in [2.75, 3.05) is 12.3 Å². The molecule has 7 heteroatoms.